The lowest BCUT2D eigenvalue weighted by Crippen LogP contribution is -2.47. The molecule has 1 atom stereocenters. The minimum atomic E-state index is 0. The van der Waals surface area contributed by atoms with Crippen LogP contribution >= 0.6 is 12.4 Å². The highest BCUT2D eigenvalue weighted by atomic mass is 35.5. The van der Waals surface area contributed by atoms with Gasteiger partial charge in [-0.1, -0.05) is 42.5 Å². The van der Waals surface area contributed by atoms with Crippen LogP contribution in [0.25, 0.3) is 0 Å². The van der Waals surface area contributed by atoms with E-state index in [2.05, 4.69) is 34.5 Å². The van der Waals surface area contributed by atoms with E-state index in [9.17, 15) is 4.79 Å². The fraction of sp³-hybridized carbons (Fsp3) is 0.350. The van der Waals surface area contributed by atoms with Crippen LogP contribution in [-0.2, 0) is 13.1 Å². The molecule has 0 saturated carbocycles. The second-order valence-electron chi connectivity index (χ2n) is 6.43. The molecule has 3 rings (SSSR count). The van der Waals surface area contributed by atoms with Crippen LogP contribution in [0, 0.1) is 0 Å². The largest absolute Gasteiger partial charge is 0.348 e. The molecule has 134 valence electrons. The molecule has 1 heterocycles. The van der Waals surface area contributed by atoms with Gasteiger partial charge in [0.1, 0.15) is 0 Å². The number of carbonyl (C=O) groups excluding carboxylic acids is 1. The van der Waals surface area contributed by atoms with Gasteiger partial charge in [-0.05, 0) is 42.6 Å². The quantitative estimate of drug-likeness (QED) is 0.862. The van der Waals surface area contributed by atoms with E-state index < -0.39 is 0 Å². The lowest BCUT2D eigenvalue weighted by molar-refractivity contribution is 0.0901. The second-order valence-corrected chi connectivity index (χ2v) is 6.43. The third-order valence-electron chi connectivity index (χ3n) is 4.54. The zero-order valence-electron chi connectivity index (χ0n) is 14.4. The second kappa shape index (κ2) is 9.56. The maximum Gasteiger partial charge on any atom is 0.251 e. The number of nitrogens with two attached hydrogens (primary N) is 1. The first-order chi connectivity index (χ1) is 11.7. The standard InChI is InChI=1S/C20H25N3O.ClH/c21-13-16-8-10-18(11-9-16)20(24)22-19-7-4-12-23(15-19)14-17-5-2-1-3-6-17;/h1-3,5-6,8-11,19H,4,7,12-15,21H2,(H,22,24);1H. The average molecular weight is 360 g/mol. The Hall–Kier alpha value is -1.88. The summed E-state index contributed by atoms with van der Waals surface area (Å²) < 4.78 is 0. The summed E-state index contributed by atoms with van der Waals surface area (Å²) in [6.07, 6.45) is 2.15. The number of benzene rings is 2. The van der Waals surface area contributed by atoms with Gasteiger partial charge in [-0.3, -0.25) is 9.69 Å². The monoisotopic (exact) mass is 359 g/mol. The van der Waals surface area contributed by atoms with Crippen LogP contribution in [0.4, 0.5) is 0 Å². The summed E-state index contributed by atoms with van der Waals surface area (Å²) in [4.78, 5) is 14.8. The van der Waals surface area contributed by atoms with Gasteiger partial charge in [-0.15, -0.1) is 12.4 Å². The highest BCUT2D eigenvalue weighted by Crippen LogP contribution is 2.14. The highest BCUT2D eigenvalue weighted by Gasteiger charge is 2.21. The molecule has 0 bridgehead atoms. The number of amides is 1. The molecule has 1 saturated heterocycles. The third kappa shape index (κ3) is 5.56. The summed E-state index contributed by atoms with van der Waals surface area (Å²) in [6, 6.07) is 18.2. The van der Waals surface area contributed by atoms with Crippen LogP contribution < -0.4 is 11.1 Å². The molecule has 0 aliphatic carbocycles. The SMILES string of the molecule is Cl.NCc1ccc(C(=O)NC2CCCN(Cc3ccccc3)C2)cc1. The summed E-state index contributed by atoms with van der Waals surface area (Å²) in [5, 5.41) is 3.18. The Morgan fingerprint density at radius 1 is 1.08 bits per heavy atom. The van der Waals surface area contributed by atoms with E-state index in [1.54, 1.807) is 0 Å². The molecule has 3 N–H and O–H groups in total. The summed E-state index contributed by atoms with van der Waals surface area (Å²) >= 11 is 0. The number of piperidine rings is 1. The molecule has 1 aliphatic rings. The topological polar surface area (TPSA) is 58.4 Å². The Kier molecular flexibility index (Phi) is 7.44. The molecular formula is C20H26ClN3O. The van der Waals surface area contributed by atoms with E-state index in [-0.39, 0.29) is 24.4 Å². The molecular weight excluding hydrogens is 334 g/mol. The van der Waals surface area contributed by atoms with Crippen molar-refractivity contribution in [2.75, 3.05) is 13.1 Å². The van der Waals surface area contributed by atoms with Crippen LogP contribution in [-0.4, -0.2) is 29.9 Å². The predicted octanol–water partition coefficient (Wildman–Crippen LogP) is 2.96. The van der Waals surface area contributed by atoms with Crippen molar-refractivity contribution in [3.8, 4) is 0 Å². The lowest BCUT2D eigenvalue weighted by Gasteiger charge is -2.33. The highest BCUT2D eigenvalue weighted by molar-refractivity contribution is 5.94. The van der Waals surface area contributed by atoms with E-state index in [0.717, 1.165) is 38.0 Å². The van der Waals surface area contributed by atoms with Crippen molar-refractivity contribution in [1.82, 2.24) is 10.2 Å². The molecule has 0 aromatic heterocycles. The Balaban J connectivity index is 0.00000225. The van der Waals surface area contributed by atoms with Crippen molar-refractivity contribution in [1.29, 1.82) is 0 Å². The summed E-state index contributed by atoms with van der Waals surface area (Å²) in [7, 11) is 0. The fourth-order valence-electron chi connectivity index (χ4n) is 3.22. The summed E-state index contributed by atoms with van der Waals surface area (Å²) in [5.74, 6) is 0.00475. The molecule has 4 nitrogen and oxygen atoms in total. The Bertz CT molecular complexity index is 660. The number of halogens is 1. The number of carbonyl (C=O) groups is 1. The van der Waals surface area contributed by atoms with E-state index in [1.165, 1.54) is 5.56 Å². The van der Waals surface area contributed by atoms with Crippen LogP contribution in [0.15, 0.2) is 54.6 Å². The minimum absolute atomic E-state index is 0. The average Bonchev–Trinajstić information content (AvgIpc) is 2.63. The first-order valence-electron chi connectivity index (χ1n) is 8.61. The van der Waals surface area contributed by atoms with Crippen LogP contribution in [0.3, 0.4) is 0 Å². The van der Waals surface area contributed by atoms with E-state index in [0.29, 0.717) is 12.1 Å². The van der Waals surface area contributed by atoms with E-state index in [4.69, 9.17) is 5.73 Å². The number of rotatable bonds is 5. The maximum absolute atomic E-state index is 12.4. The first kappa shape index (κ1) is 19.4. The Morgan fingerprint density at radius 2 is 1.80 bits per heavy atom. The zero-order valence-corrected chi connectivity index (χ0v) is 15.2. The molecule has 1 fully saturated rings. The molecule has 0 spiro atoms. The van der Waals surface area contributed by atoms with Gasteiger partial charge >= 0.3 is 0 Å². The number of nitrogens with one attached hydrogen (secondary N) is 1. The Morgan fingerprint density at radius 3 is 2.48 bits per heavy atom. The first-order valence-corrected chi connectivity index (χ1v) is 8.61. The number of likely N-dealkylation sites (tertiary alicyclic amines) is 1. The molecule has 5 heteroatoms. The number of hydrogen-bond acceptors (Lipinski definition) is 3. The molecule has 2 aromatic carbocycles. The lowest BCUT2D eigenvalue weighted by atomic mass is 10.0. The van der Waals surface area contributed by atoms with Crippen molar-refractivity contribution in [2.45, 2.75) is 32.0 Å². The molecule has 25 heavy (non-hydrogen) atoms. The van der Waals surface area contributed by atoms with Crippen molar-refractivity contribution in [3.63, 3.8) is 0 Å². The van der Waals surface area contributed by atoms with E-state index in [1.807, 2.05) is 30.3 Å². The van der Waals surface area contributed by atoms with Gasteiger partial charge in [-0.2, -0.15) is 0 Å². The van der Waals surface area contributed by atoms with Crippen LogP contribution in [0.5, 0.6) is 0 Å². The minimum Gasteiger partial charge on any atom is -0.348 e. The van der Waals surface area contributed by atoms with E-state index >= 15 is 0 Å². The van der Waals surface area contributed by atoms with Gasteiger partial charge in [-0.25, -0.2) is 0 Å². The number of hydrogen-bond donors (Lipinski definition) is 2. The van der Waals surface area contributed by atoms with Crippen molar-refractivity contribution >= 4 is 18.3 Å². The van der Waals surface area contributed by atoms with Crippen molar-refractivity contribution < 1.29 is 4.79 Å². The smallest absolute Gasteiger partial charge is 0.251 e. The fourth-order valence-corrected chi connectivity index (χ4v) is 3.22. The third-order valence-corrected chi connectivity index (χ3v) is 4.54. The van der Waals surface area contributed by atoms with Crippen LogP contribution in [0.2, 0.25) is 0 Å². The summed E-state index contributed by atoms with van der Waals surface area (Å²) in [5.41, 5.74) is 8.66. The van der Waals surface area contributed by atoms with Gasteiger partial charge in [0, 0.05) is 31.2 Å². The van der Waals surface area contributed by atoms with Gasteiger partial charge < -0.3 is 11.1 Å². The molecule has 1 amide bonds. The maximum atomic E-state index is 12.4. The predicted molar refractivity (Wildman–Crippen MR) is 104 cm³/mol. The van der Waals surface area contributed by atoms with Gasteiger partial charge in [0.15, 0.2) is 0 Å². The molecule has 2 aromatic rings. The van der Waals surface area contributed by atoms with Crippen molar-refractivity contribution in [3.05, 3.63) is 71.3 Å². The molecule has 1 unspecified atom stereocenters. The zero-order chi connectivity index (χ0) is 16.8. The van der Waals surface area contributed by atoms with Crippen LogP contribution in [0.1, 0.15) is 34.3 Å². The summed E-state index contributed by atoms with van der Waals surface area (Å²) in [6.45, 7) is 3.44. The molecule has 1 aliphatic heterocycles. The normalized spacial score (nSPS) is 17.6. The van der Waals surface area contributed by atoms with Gasteiger partial charge in [0.2, 0.25) is 0 Å². The molecule has 0 radical (unpaired) electrons. The number of nitrogens with zero attached hydrogens (tertiary/aromatic N) is 1. The van der Waals surface area contributed by atoms with Gasteiger partial charge in [0.05, 0.1) is 0 Å². The van der Waals surface area contributed by atoms with Crippen molar-refractivity contribution in [2.24, 2.45) is 5.73 Å². The van der Waals surface area contributed by atoms with Gasteiger partial charge in [0.25, 0.3) is 5.91 Å². The Labute approximate surface area is 155 Å².